The Morgan fingerprint density at radius 1 is 1.03 bits per heavy atom. The Labute approximate surface area is 187 Å². The molecule has 2 fully saturated rings. The number of nitrogens with one attached hydrogen (secondary N) is 1. The van der Waals surface area contributed by atoms with E-state index in [0.717, 1.165) is 24.6 Å². The highest BCUT2D eigenvalue weighted by atomic mass is 35.5. The second-order valence-electron chi connectivity index (χ2n) is 8.07. The van der Waals surface area contributed by atoms with E-state index in [1.54, 1.807) is 18.2 Å². The van der Waals surface area contributed by atoms with Crippen LogP contribution < -0.4 is 10.2 Å². The van der Waals surface area contributed by atoms with Crippen LogP contribution in [-0.2, 0) is 0 Å². The topological polar surface area (TPSA) is 61.4 Å². The molecule has 0 bridgehead atoms. The number of nitrogens with zero attached hydrogens (tertiary/aromatic N) is 4. The van der Waals surface area contributed by atoms with Gasteiger partial charge in [0.2, 0.25) is 5.95 Å². The van der Waals surface area contributed by atoms with Gasteiger partial charge in [-0.1, -0.05) is 42.5 Å². The molecular weight excluding hydrogens is 421 g/mol. The first-order valence-corrected chi connectivity index (χ1v) is 11.4. The lowest BCUT2D eigenvalue weighted by atomic mass is 9.96. The molecule has 160 valence electrons. The van der Waals surface area contributed by atoms with Crippen LogP contribution in [0.15, 0.2) is 24.3 Å². The molecule has 8 heteroatoms. The van der Waals surface area contributed by atoms with Gasteiger partial charge in [-0.3, -0.25) is 4.79 Å². The fraction of sp³-hybridized carbons (Fsp3) is 0.500. The van der Waals surface area contributed by atoms with Gasteiger partial charge in [0.05, 0.1) is 10.6 Å². The van der Waals surface area contributed by atoms with E-state index < -0.39 is 0 Å². The second kappa shape index (κ2) is 9.40. The van der Waals surface area contributed by atoms with Crippen LogP contribution >= 0.6 is 23.2 Å². The zero-order valence-electron chi connectivity index (χ0n) is 17.2. The molecule has 2 aliphatic rings. The van der Waals surface area contributed by atoms with E-state index in [1.165, 1.54) is 32.1 Å². The van der Waals surface area contributed by atoms with Gasteiger partial charge in [-0.2, -0.15) is 4.98 Å². The Hall–Kier alpha value is -2.05. The lowest BCUT2D eigenvalue weighted by Crippen LogP contribution is -2.49. The molecule has 6 nitrogen and oxygen atoms in total. The molecule has 30 heavy (non-hydrogen) atoms. The molecule has 1 aliphatic heterocycles. The van der Waals surface area contributed by atoms with Gasteiger partial charge in [-0.25, -0.2) is 4.98 Å². The maximum Gasteiger partial charge on any atom is 0.255 e. The van der Waals surface area contributed by atoms with Crippen LogP contribution in [0.1, 0.15) is 48.2 Å². The molecule has 1 aromatic carbocycles. The third kappa shape index (κ3) is 4.98. The SMILES string of the molecule is Cc1cc(N2CCN(C(=O)c3ccc(Cl)cc3Cl)CC2)nc(NC2CCCCC2)n1. The van der Waals surface area contributed by atoms with E-state index >= 15 is 0 Å². The summed E-state index contributed by atoms with van der Waals surface area (Å²) in [5.74, 6) is 1.57. The predicted molar refractivity (Wildman–Crippen MR) is 122 cm³/mol. The highest BCUT2D eigenvalue weighted by molar-refractivity contribution is 6.36. The van der Waals surface area contributed by atoms with Crippen molar-refractivity contribution in [3.63, 3.8) is 0 Å². The number of benzene rings is 1. The number of anilines is 2. The van der Waals surface area contributed by atoms with Crippen LogP contribution in [0.2, 0.25) is 10.0 Å². The Bertz CT molecular complexity index is 908. The normalized spacial score (nSPS) is 17.8. The smallest absolute Gasteiger partial charge is 0.255 e. The number of carbonyl (C=O) groups excluding carboxylic acids is 1. The molecular formula is C22H27Cl2N5O. The quantitative estimate of drug-likeness (QED) is 0.728. The Kier molecular flexibility index (Phi) is 6.64. The number of aromatic nitrogens is 2. The summed E-state index contributed by atoms with van der Waals surface area (Å²) in [4.78, 5) is 26.3. The molecule has 1 N–H and O–H groups in total. The van der Waals surface area contributed by atoms with Crippen molar-refractivity contribution in [3.8, 4) is 0 Å². The molecule has 0 radical (unpaired) electrons. The maximum absolute atomic E-state index is 12.8. The van der Waals surface area contributed by atoms with E-state index in [4.69, 9.17) is 28.2 Å². The Morgan fingerprint density at radius 3 is 2.47 bits per heavy atom. The molecule has 0 atom stereocenters. The first-order chi connectivity index (χ1) is 14.5. The largest absolute Gasteiger partial charge is 0.353 e. The second-order valence-corrected chi connectivity index (χ2v) is 8.92. The van der Waals surface area contributed by atoms with E-state index in [9.17, 15) is 4.79 Å². The molecule has 4 rings (SSSR count). The zero-order chi connectivity index (χ0) is 21.1. The molecule has 1 aromatic heterocycles. The van der Waals surface area contributed by atoms with E-state index in [2.05, 4.69) is 15.2 Å². The highest BCUT2D eigenvalue weighted by Crippen LogP contribution is 2.25. The van der Waals surface area contributed by atoms with E-state index in [1.807, 2.05) is 17.9 Å². The third-order valence-corrected chi connectivity index (χ3v) is 6.38. The molecule has 1 saturated heterocycles. The zero-order valence-corrected chi connectivity index (χ0v) is 18.7. The van der Waals surface area contributed by atoms with Crippen LogP contribution in [0.25, 0.3) is 0 Å². The number of piperazine rings is 1. The average Bonchev–Trinajstić information content (AvgIpc) is 2.74. The number of hydrogen-bond donors (Lipinski definition) is 1. The molecule has 1 aliphatic carbocycles. The summed E-state index contributed by atoms with van der Waals surface area (Å²) in [6.45, 7) is 4.67. The summed E-state index contributed by atoms with van der Waals surface area (Å²) in [6.07, 6.45) is 6.22. The fourth-order valence-electron chi connectivity index (χ4n) is 4.18. The lowest BCUT2D eigenvalue weighted by molar-refractivity contribution is 0.0746. The van der Waals surface area contributed by atoms with Gasteiger partial charge in [0, 0.05) is 49.0 Å². The molecule has 2 heterocycles. The van der Waals surface area contributed by atoms with Gasteiger partial charge < -0.3 is 15.1 Å². The molecule has 0 unspecified atom stereocenters. The molecule has 2 aromatic rings. The van der Waals surface area contributed by atoms with Crippen LogP contribution in [0.5, 0.6) is 0 Å². The molecule has 1 saturated carbocycles. The highest BCUT2D eigenvalue weighted by Gasteiger charge is 2.25. The summed E-state index contributed by atoms with van der Waals surface area (Å²) < 4.78 is 0. The van der Waals surface area contributed by atoms with Gasteiger partial charge >= 0.3 is 0 Å². The summed E-state index contributed by atoms with van der Waals surface area (Å²) in [5, 5.41) is 4.44. The van der Waals surface area contributed by atoms with Crippen molar-refractivity contribution < 1.29 is 4.79 Å². The number of halogens is 2. The van der Waals surface area contributed by atoms with Crippen molar-refractivity contribution in [3.05, 3.63) is 45.6 Å². The van der Waals surface area contributed by atoms with Gasteiger partial charge in [-0.15, -0.1) is 0 Å². The number of rotatable bonds is 4. The van der Waals surface area contributed by atoms with Crippen LogP contribution in [0.4, 0.5) is 11.8 Å². The van der Waals surface area contributed by atoms with Gasteiger partial charge in [0.15, 0.2) is 0 Å². The van der Waals surface area contributed by atoms with Crippen molar-refractivity contribution in [1.29, 1.82) is 0 Å². The van der Waals surface area contributed by atoms with Crippen molar-refractivity contribution in [2.45, 2.75) is 45.1 Å². The van der Waals surface area contributed by atoms with Gasteiger partial charge in [0.25, 0.3) is 5.91 Å². The lowest BCUT2D eigenvalue weighted by Gasteiger charge is -2.35. The maximum atomic E-state index is 12.8. The predicted octanol–water partition coefficient (Wildman–Crippen LogP) is 4.80. The molecule has 0 spiro atoms. The summed E-state index contributed by atoms with van der Waals surface area (Å²) >= 11 is 12.2. The van der Waals surface area contributed by atoms with Crippen molar-refractivity contribution >= 4 is 40.9 Å². The number of carbonyl (C=O) groups is 1. The first kappa shape index (κ1) is 21.2. The van der Waals surface area contributed by atoms with Crippen molar-refractivity contribution in [1.82, 2.24) is 14.9 Å². The van der Waals surface area contributed by atoms with Crippen molar-refractivity contribution in [2.75, 3.05) is 36.4 Å². The minimum absolute atomic E-state index is 0.0603. The van der Waals surface area contributed by atoms with Crippen molar-refractivity contribution in [2.24, 2.45) is 0 Å². The van der Waals surface area contributed by atoms with Gasteiger partial charge in [0.1, 0.15) is 5.82 Å². The number of hydrogen-bond acceptors (Lipinski definition) is 5. The van der Waals surface area contributed by atoms with E-state index in [0.29, 0.717) is 40.7 Å². The van der Waals surface area contributed by atoms with Crippen LogP contribution in [0, 0.1) is 6.92 Å². The average molecular weight is 448 g/mol. The third-order valence-electron chi connectivity index (χ3n) is 5.83. The minimum atomic E-state index is -0.0603. The monoisotopic (exact) mass is 447 g/mol. The van der Waals surface area contributed by atoms with Crippen LogP contribution in [-0.4, -0.2) is 53.0 Å². The summed E-state index contributed by atoms with van der Waals surface area (Å²) in [6, 6.07) is 7.47. The summed E-state index contributed by atoms with van der Waals surface area (Å²) in [5.41, 5.74) is 1.44. The van der Waals surface area contributed by atoms with Gasteiger partial charge in [-0.05, 0) is 38.0 Å². The fourth-order valence-corrected chi connectivity index (χ4v) is 4.67. The number of amides is 1. The Morgan fingerprint density at radius 2 is 1.77 bits per heavy atom. The van der Waals surface area contributed by atoms with Crippen LogP contribution in [0.3, 0.4) is 0 Å². The van der Waals surface area contributed by atoms with E-state index in [-0.39, 0.29) is 5.91 Å². The number of aryl methyl sites for hydroxylation is 1. The minimum Gasteiger partial charge on any atom is -0.353 e. The summed E-state index contributed by atoms with van der Waals surface area (Å²) in [7, 11) is 0. The Balaban J connectivity index is 1.40. The first-order valence-electron chi connectivity index (χ1n) is 10.6. The standard InChI is InChI=1S/C22H27Cl2N5O/c1-15-13-20(27-22(25-15)26-17-5-3-2-4-6-17)28-9-11-29(12-10-28)21(30)18-8-7-16(23)14-19(18)24/h7-8,13-14,17H,2-6,9-12H2,1H3,(H,25,26,27). The molecule has 1 amide bonds.